The van der Waals surface area contributed by atoms with Crippen molar-refractivity contribution in [3.63, 3.8) is 0 Å². The molecule has 0 aromatic carbocycles. The van der Waals surface area contributed by atoms with Crippen molar-refractivity contribution in [2.45, 2.75) is 45.1 Å². The molecule has 5 nitrogen and oxygen atoms in total. The van der Waals surface area contributed by atoms with Gasteiger partial charge in [0.15, 0.2) is 0 Å². The fraction of sp³-hybridized carbons (Fsp3) is 0.867. The van der Waals surface area contributed by atoms with Gasteiger partial charge in [-0.05, 0) is 49.0 Å². The van der Waals surface area contributed by atoms with Gasteiger partial charge >= 0.3 is 12.0 Å². The number of thioether (sulfide) groups is 1. The Morgan fingerprint density at radius 3 is 2.57 bits per heavy atom. The van der Waals surface area contributed by atoms with E-state index in [1.54, 1.807) is 0 Å². The number of nitrogens with zero attached hydrogens (tertiary/aromatic N) is 1. The molecule has 6 heteroatoms. The minimum absolute atomic E-state index is 0.199. The highest BCUT2D eigenvalue weighted by atomic mass is 32.2. The fourth-order valence-electron chi connectivity index (χ4n) is 3.17. The number of amides is 2. The Hall–Kier alpha value is -0.910. The summed E-state index contributed by atoms with van der Waals surface area (Å²) >= 11 is 1.97. The van der Waals surface area contributed by atoms with Crippen molar-refractivity contribution in [2.75, 3.05) is 24.6 Å². The highest BCUT2D eigenvalue weighted by Gasteiger charge is 2.35. The number of likely N-dealkylation sites (tertiary alicyclic amines) is 1. The summed E-state index contributed by atoms with van der Waals surface area (Å²) in [6.07, 6.45) is 4.77. The third kappa shape index (κ3) is 4.53. The third-order valence-corrected chi connectivity index (χ3v) is 5.77. The van der Waals surface area contributed by atoms with Crippen molar-refractivity contribution in [2.24, 2.45) is 11.8 Å². The summed E-state index contributed by atoms with van der Waals surface area (Å²) in [5.74, 6) is 2.43. The number of nitrogens with one attached hydrogen (secondary N) is 1. The second-order valence-corrected chi connectivity index (χ2v) is 7.31. The van der Waals surface area contributed by atoms with Crippen molar-refractivity contribution < 1.29 is 14.7 Å². The smallest absolute Gasteiger partial charge is 0.326 e. The molecule has 0 saturated carbocycles. The molecule has 2 N–H and O–H groups in total. The first kappa shape index (κ1) is 16.5. The van der Waals surface area contributed by atoms with Crippen LogP contribution in [-0.2, 0) is 4.79 Å². The van der Waals surface area contributed by atoms with Crippen LogP contribution >= 0.6 is 11.8 Å². The summed E-state index contributed by atoms with van der Waals surface area (Å²) in [5, 5.41) is 12.3. The number of carbonyl (C=O) groups is 2. The predicted octanol–water partition coefficient (Wildman–Crippen LogP) is 2.41. The van der Waals surface area contributed by atoms with E-state index in [0.29, 0.717) is 31.3 Å². The Morgan fingerprint density at radius 2 is 1.95 bits per heavy atom. The van der Waals surface area contributed by atoms with E-state index in [4.69, 9.17) is 0 Å². The fourth-order valence-corrected chi connectivity index (χ4v) is 4.37. The molecule has 2 aliphatic heterocycles. The molecule has 2 saturated heterocycles. The summed E-state index contributed by atoms with van der Waals surface area (Å²) in [7, 11) is 0. The maximum Gasteiger partial charge on any atom is 0.326 e. The number of carbonyl (C=O) groups excluding carboxylic acids is 1. The number of carboxylic acids is 1. The van der Waals surface area contributed by atoms with Gasteiger partial charge in [0.2, 0.25) is 0 Å². The Labute approximate surface area is 130 Å². The van der Waals surface area contributed by atoms with Crippen LogP contribution in [0.25, 0.3) is 0 Å². The molecule has 2 amide bonds. The van der Waals surface area contributed by atoms with Crippen molar-refractivity contribution in [3.8, 4) is 0 Å². The highest BCUT2D eigenvalue weighted by Crippen LogP contribution is 2.26. The largest absolute Gasteiger partial charge is 0.480 e. The monoisotopic (exact) mass is 314 g/mol. The van der Waals surface area contributed by atoms with Gasteiger partial charge in [0.25, 0.3) is 0 Å². The van der Waals surface area contributed by atoms with Crippen molar-refractivity contribution in [3.05, 3.63) is 0 Å². The Bertz CT molecular complexity index is 372. The lowest BCUT2D eigenvalue weighted by Gasteiger charge is -2.37. The second kappa shape index (κ2) is 7.92. The lowest BCUT2D eigenvalue weighted by molar-refractivity contribution is -0.144. The van der Waals surface area contributed by atoms with E-state index >= 15 is 0 Å². The zero-order chi connectivity index (χ0) is 15.2. The Kier molecular flexibility index (Phi) is 6.21. The molecule has 0 aliphatic carbocycles. The number of hydrogen-bond donors (Lipinski definition) is 2. The quantitative estimate of drug-likeness (QED) is 0.836. The minimum atomic E-state index is -0.877. The molecule has 0 aromatic rings. The number of aliphatic carboxylic acids is 1. The Balaban J connectivity index is 1.85. The number of rotatable bonds is 4. The first-order chi connectivity index (χ1) is 10.1. The summed E-state index contributed by atoms with van der Waals surface area (Å²) < 4.78 is 0. The summed E-state index contributed by atoms with van der Waals surface area (Å²) in [4.78, 5) is 25.2. The first-order valence-corrected chi connectivity index (χ1v) is 9.12. The second-order valence-electron chi connectivity index (χ2n) is 6.09. The number of hydrogen-bond acceptors (Lipinski definition) is 3. The number of piperidine rings is 1. The van der Waals surface area contributed by atoms with E-state index in [0.717, 1.165) is 25.7 Å². The molecule has 0 radical (unpaired) electrons. The number of urea groups is 1. The van der Waals surface area contributed by atoms with Gasteiger partial charge in [-0.25, -0.2) is 9.59 Å². The first-order valence-electron chi connectivity index (χ1n) is 7.96. The lowest BCUT2D eigenvalue weighted by atomic mass is 9.89. The molecule has 2 heterocycles. The average Bonchev–Trinajstić information content (AvgIpc) is 2.52. The zero-order valence-electron chi connectivity index (χ0n) is 12.7. The third-order valence-electron chi connectivity index (χ3n) is 4.72. The van der Waals surface area contributed by atoms with Gasteiger partial charge < -0.3 is 15.3 Å². The summed E-state index contributed by atoms with van der Waals surface area (Å²) in [5.41, 5.74) is 0. The molecule has 0 aromatic heterocycles. The van der Waals surface area contributed by atoms with Gasteiger partial charge in [-0.1, -0.05) is 13.3 Å². The molecule has 2 fully saturated rings. The minimum Gasteiger partial charge on any atom is -0.480 e. The average molecular weight is 314 g/mol. The summed E-state index contributed by atoms with van der Waals surface area (Å²) in [6, 6.07) is -0.860. The van der Waals surface area contributed by atoms with E-state index in [1.807, 2.05) is 11.8 Å². The molecule has 2 rings (SSSR count). The van der Waals surface area contributed by atoms with Crippen LogP contribution in [-0.4, -0.2) is 52.6 Å². The maximum absolute atomic E-state index is 12.3. The Morgan fingerprint density at radius 1 is 1.24 bits per heavy atom. The van der Waals surface area contributed by atoms with E-state index in [9.17, 15) is 14.7 Å². The lowest BCUT2D eigenvalue weighted by Crippen LogP contribution is -2.54. The topological polar surface area (TPSA) is 69.6 Å². The van der Waals surface area contributed by atoms with Gasteiger partial charge in [0, 0.05) is 13.1 Å². The van der Waals surface area contributed by atoms with Gasteiger partial charge in [-0.3, -0.25) is 0 Å². The van der Waals surface area contributed by atoms with E-state index < -0.39 is 12.0 Å². The van der Waals surface area contributed by atoms with Gasteiger partial charge in [-0.15, -0.1) is 0 Å². The van der Waals surface area contributed by atoms with Gasteiger partial charge in [0.1, 0.15) is 6.04 Å². The standard InChI is InChI=1S/C15H26N2O3S/c1-2-11-3-6-17(13(9-11)14(18)19)15(20)16-10-12-4-7-21-8-5-12/h11-13H,2-10H2,1H3,(H,16,20)(H,18,19). The van der Waals surface area contributed by atoms with Crippen LogP contribution in [0.2, 0.25) is 0 Å². The molecular weight excluding hydrogens is 288 g/mol. The maximum atomic E-state index is 12.3. The van der Waals surface area contributed by atoms with Crippen LogP contribution in [0.15, 0.2) is 0 Å². The van der Waals surface area contributed by atoms with Crippen molar-refractivity contribution in [1.82, 2.24) is 10.2 Å². The molecule has 21 heavy (non-hydrogen) atoms. The zero-order valence-corrected chi connectivity index (χ0v) is 13.5. The van der Waals surface area contributed by atoms with Crippen LogP contribution in [0.4, 0.5) is 4.79 Å². The van der Waals surface area contributed by atoms with E-state index in [-0.39, 0.29) is 6.03 Å². The highest BCUT2D eigenvalue weighted by molar-refractivity contribution is 7.99. The summed E-state index contributed by atoms with van der Waals surface area (Å²) in [6.45, 7) is 3.32. The van der Waals surface area contributed by atoms with Crippen LogP contribution in [0, 0.1) is 11.8 Å². The van der Waals surface area contributed by atoms with Crippen molar-refractivity contribution in [1.29, 1.82) is 0 Å². The molecule has 0 bridgehead atoms. The SMILES string of the molecule is CCC1CCN(C(=O)NCC2CCSCC2)C(C(=O)O)C1. The van der Waals surface area contributed by atoms with E-state index in [2.05, 4.69) is 12.2 Å². The molecular formula is C15H26N2O3S. The van der Waals surface area contributed by atoms with Crippen molar-refractivity contribution >= 4 is 23.8 Å². The van der Waals surface area contributed by atoms with Gasteiger partial charge in [0.05, 0.1) is 0 Å². The van der Waals surface area contributed by atoms with Crippen LogP contribution < -0.4 is 5.32 Å². The molecule has 2 unspecified atom stereocenters. The van der Waals surface area contributed by atoms with Crippen LogP contribution in [0.1, 0.15) is 39.0 Å². The van der Waals surface area contributed by atoms with Crippen LogP contribution in [0.5, 0.6) is 0 Å². The van der Waals surface area contributed by atoms with E-state index in [1.165, 1.54) is 16.4 Å². The molecule has 120 valence electrons. The number of carboxylic acid groups (broad SMARTS) is 1. The normalized spacial score (nSPS) is 27.4. The molecule has 2 atom stereocenters. The van der Waals surface area contributed by atoms with Crippen LogP contribution in [0.3, 0.4) is 0 Å². The van der Waals surface area contributed by atoms with Gasteiger partial charge in [-0.2, -0.15) is 11.8 Å². The molecule has 0 spiro atoms. The molecule has 2 aliphatic rings. The predicted molar refractivity (Wildman–Crippen MR) is 84.6 cm³/mol.